The number of aliphatic hydroxyl groups excluding tert-OH is 1. The fraction of sp³-hybridized carbons (Fsp3) is 0.727. The number of rotatable bonds is 7. The maximum absolute atomic E-state index is 10.0. The van der Waals surface area contributed by atoms with Crippen LogP contribution >= 0.6 is 0 Å². The van der Waals surface area contributed by atoms with Crippen molar-refractivity contribution in [3.63, 3.8) is 0 Å². The second-order valence-electron chi connectivity index (χ2n) is 4.22. The highest BCUT2D eigenvalue weighted by molar-refractivity contribution is 5.27. The number of methoxy groups -OCH3 is 1. The molecule has 0 aliphatic rings. The first-order valence-corrected chi connectivity index (χ1v) is 5.72. The Labute approximate surface area is 102 Å². The molecule has 6 nitrogen and oxygen atoms in total. The van der Waals surface area contributed by atoms with E-state index in [2.05, 4.69) is 10.00 Å². The van der Waals surface area contributed by atoms with Crippen LogP contribution in [0.1, 0.15) is 18.2 Å². The van der Waals surface area contributed by atoms with E-state index in [-0.39, 0.29) is 0 Å². The lowest BCUT2D eigenvalue weighted by Crippen LogP contribution is -2.21. The monoisotopic (exact) mass is 242 g/mol. The summed E-state index contributed by atoms with van der Waals surface area (Å²) in [5.74, 6) is 0.615. The van der Waals surface area contributed by atoms with Crippen LogP contribution in [-0.4, -0.2) is 54.1 Å². The van der Waals surface area contributed by atoms with Gasteiger partial charge in [-0.25, -0.2) is 0 Å². The summed E-state index contributed by atoms with van der Waals surface area (Å²) in [5.41, 5.74) is 6.17. The predicted octanol–water partition coefficient (Wildman–Crippen LogP) is -0.164. The molecule has 0 aliphatic heterocycles. The molecule has 0 spiro atoms. The molecule has 1 heterocycles. The van der Waals surface area contributed by atoms with Crippen molar-refractivity contribution in [2.45, 2.75) is 19.1 Å². The standard InChI is InChI=1S/C11H22N4O2/c1-14(2)6-7-15-11(9(16)4-5-12)10(17-3)8-13-15/h8-9,16H,4-7,12H2,1-3H3. The molecule has 1 aromatic heterocycles. The van der Waals surface area contributed by atoms with Crippen LogP contribution in [0.4, 0.5) is 0 Å². The maximum Gasteiger partial charge on any atom is 0.162 e. The Kier molecular flexibility index (Phi) is 5.40. The van der Waals surface area contributed by atoms with Crippen LogP contribution in [0.25, 0.3) is 0 Å². The van der Waals surface area contributed by atoms with Gasteiger partial charge in [0.1, 0.15) is 11.8 Å². The topological polar surface area (TPSA) is 76.5 Å². The molecule has 0 radical (unpaired) electrons. The van der Waals surface area contributed by atoms with Gasteiger partial charge in [-0.2, -0.15) is 5.10 Å². The molecule has 0 aromatic carbocycles. The van der Waals surface area contributed by atoms with Gasteiger partial charge in [0.15, 0.2) is 5.75 Å². The van der Waals surface area contributed by atoms with Crippen molar-refractivity contribution in [2.75, 3.05) is 34.3 Å². The lowest BCUT2D eigenvalue weighted by atomic mass is 10.2. The van der Waals surface area contributed by atoms with E-state index in [1.54, 1.807) is 18.0 Å². The first-order chi connectivity index (χ1) is 8.10. The van der Waals surface area contributed by atoms with Gasteiger partial charge in [0.25, 0.3) is 0 Å². The van der Waals surface area contributed by atoms with Gasteiger partial charge in [0.05, 0.1) is 19.9 Å². The van der Waals surface area contributed by atoms with Crippen LogP contribution in [0.2, 0.25) is 0 Å². The van der Waals surface area contributed by atoms with E-state index >= 15 is 0 Å². The second kappa shape index (κ2) is 6.58. The molecule has 1 rings (SSSR count). The molecular weight excluding hydrogens is 220 g/mol. The molecule has 0 aliphatic carbocycles. The smallest absolute Gasteiger partial charge is 0.162 e. The third-order valence-corrected chi connectivity index (χ3v) is 2.58. The Bertz CT molecular complexity index is 338. The zero-order valence-corrected chi connectivity index (χ0v) is 10.8. The van der Waals surface area contributed by atoms with Crippen molar-refractivity contribution >= 4 is 0 Å². The average molecular weight is 242 g/mol. The first kappa shape index (κ1) is 14.0. The minimum atomic E-state index is -0.625. The van der Waals surface area contributed by atoms with Gasteiger partial charge in [0, 0.05) is 6.54 Å². The van der Waals surface area contributed by atoms with Crippen LogP contribution in [0.5, 0.6) is 5.75 Å². The molecular formula is C11H22N4O2. The summed E-state index contributed by atoms with van der Waals surface area (Å²) >= 11 is 0. The lowest BCUT2D eigenvalue weighted by molar-refractivity contribution is 0.153. The molecule has 3 N–H and O–H groups in total. The van der Waals surface area contributed by atoms with E-state index in [0.29, 0.717) is 31.0 Å². The van der Waals surface area contributed by atoms with E-state index < -0.39 is 6.10 Å². The van der Waals surface area contributed by atoms with Crippen LogP contribution in [-0.2, 0) is 6.54 Å². The van der Waals surface area contributed by atoms with Gasteiger partial charge in [-0.1, -0.05) is 0 Å². The Morgan fingerprint density at radius 3 is 2.82 bits per heavy atom. The summed E-state index contributed by atoms with van der Waals surface area (Å²) in [6.45, 7) is 2.00. The summed E-state index contributed by atoms with van der Waals surface area (Å²) in [4.78, 5) is 2.06. The van der Waals surface area contributed by atoms with Crippen molar-refractivity contribution in [1.82, 2.24) is 14.7 Å². The van der Waals surface area contributed by atoms with Gasteiger partial charge in [-0.05, 0) is 27.1 Å². The van der Waals surface area contributed by atoms with Gasteiger partial charge in [-0.3, -0.25) is 4.68 Å². The highest BCUT2D eigenvalue weighted by Gasteiger charge is 2.19. The van der Waals surface area contributed by atoms with Crippen LogP contribution < -0.4 is 10.5 Å². The van der Waals surface area contributed by atoms with Crippen molar-refractivity contribution in [2.24, 2.45) is 5.73 Å². The molecule has 98 valence electrons. The molecule has 0 bridgehead atoms. The zero-order valence-electron chi connectivity index (χ0n) is 10.8. The molecule has 6 heteroatoms. The fourth-order valence-electron chi connectivity index (χ4n) is 1.64. The number of nitrogens with two attached hydrogens (primary N) is 1. The Morgan fingerprint density at radius 1 is 1.59 bits per heavy atom. The van der Waals surface area contributed by atoms with E-state index in [4.69, 9.17) is 10.5 Å². The molecule has 1 unspecified atom stereocenters. The average Bonchev–Trinajstić information content (AvgIpc) is 2.69. The maximum atomic E-state index is 10.0. The molecule has 17 heavy (non-hydrogen) atoms. The van der Waals surface area contributed by atoms with Crippen molar-refractivity contribution in [3.8, 4) is 5.75 Å². The molecule has 0 saturated heterocycles. The summed E-state index contributed by atoms with van der Waals surface area (Å²) in [6.07, 6.45) is 1.51. The van der Waals surface area contributed by atoms with E-state index in [0.717, 1.165) is 6.54 Å². The summed E-state index contributed by atoms with van der Waals surface area (Å²) < 4.78 is 6.98. The van der Waals surface area contributed by atoms with Crippen LogP contribution in [0.3, 0.4) is 0 Å². The van der Waals surface area contributed by atoms with Gasteiger partial charge in [0.2, 0.25) is 0 Å². The van der Waals surface area contributed by atoms with E-state index in [9.17, 15) is 5.11 Å². The third kappa shape index (κ3) is 3.69. The SMILES string of the molecule is COc1cnn(CCN(C)C)c1C(O)CCN. The zero-order chi connectivity index (χ0) is 12.8. The highest BCUT2D eigenvalue weighted by Crippen LogP contribution is 2.26. The van der Waals surface area contributed by atoms with Crippen molar-refractivity contribution < 1.29 is 9.84 Å². The quantitative estimate of drug-likeness (QED) is 0.694. The fourth-order valence-corrected chi connectivity index (χ4v) is 1.64. The number of likely N-dealkylation sites (N-methyl/N-ethyl adjacent to an activating group) is 1. The van der Waals surface area contributed by atoms with Gasteiger partial charge in [-0.15, -0.1) is 0 Å². The minimum Gasteiger partial charge on any atom is -0.493 e. The van der Waals surface area contributed by atoms with Gasteiger partial charge >= 0.3 is 0 Å². The van der Waals surface area contributed by atoms with Gasteiger partial charge < -0.3 is 20.5 Å². The van der Waals surface area contributed by atoms with E-state index in [1.807, 2.05) is 14.1 Å². The van der Waals surface area contributed by atoms with E-state index in [1.165, 1.54) is 0 Å². The highest BCUT2D eigenvalue weighted by atomic mass is 16.5. The first-order valence-electron chi connectivity index (χ1n) is 5.72. The summed E-state index contributed by atoms with van der Waals surface area (Å²) in [5, 5.41) is 14.3. The molecule has 0 saturated carbocycles. The molecule has 1 aromatic rings. The number of aromatic nitrogens is 2. The predicted molar refractivity (Wildman–Crippen MR) is 66.0 cm³/mol. The summed E-state index contributed by atoms with van der Waals surface area (Å²) in [7, 11) is 5.57. The van der Waals surface area contributed by atoms with Crippen LogP contribution in [0, 0.1) is 0 Å². The Balaban J connectivity index is 2.85. The normalized spacial score (nSPS) is 13.1. The number of ether oxygens (including phenoxy) is 1. The number of hydrogen-bond donors (Lipinski definition) is 2. The molecule has 0 amide bonds. The minimum absolute atomic E-state index is 0.434. The summed E-state index contributed by atoms with van der Waals surface area (Å²) in [6, 6.07) is 0. The molecule has 0 fully saturated rings. The van der Waals surface area contributed by atoms with Crippen molar-refractivity contribution in [3.05, 3.63) is 11.9 Å². The number of aliphatic hydroxyl groups is 1. The molecule has 1 atom stereocenters. The lowest BCUT2D eigenvalue weighted by Gasteiger charge is -2.16. The number of nitrogens with zero attached hydrogens (tertiary/aromatic N) is 3. The largest absolute Gasteiger partial charge is 0.493 e. The van der Waals surface area contributed by atoms with Crippen molar-refractivity contribution in [1.29, 1.82) is 0 Å². The number of hydrogen-bond acceptors (Lipinski definition) is 5. The Morgan fingerprint density at radius 2 is 2.29 bits per heavy atom. The van der Waals surface area contributed by atoms with Crippen LogP contribution in [0.15, 0.2) is 6.20 Å². The Hall–Kier alpha value is -1.11. The second-order valence-corrected chi connectivity index (χ2v) is 4.22. The third-order valence-electron chi connectivity index (χ3n) is 2.58.